The molecule has 0 fully saturated rings. The molecule has 1 atom stereocenters. The zero-order chi connectivity index (χ0) is 11.4. The minimum atomic E-state index is -1.20. The number of carboxylic acid groups (broad SMARTS) is 1. The maximum Gasteiger partial charge on any atom is 0.339 e. The van der Waals surface area contributed by atoms with Crippen LogP contribution in [0.15, 0.2) is 18.2 Å². The van der Waals surface area contributed by atoms with E-state index in [1.165, 1.54) is 6.92 Å². The Morgan fingerprint density at radius 3 is 2.80 bits per heavy atom. The molecule has 0 saturated carbocycles. The summed E-state index contributed by atoms with van der Waals surface area (Å²) in [6.45, 7) is 1.41. The van der Waals surface area contributed by atoms with Crippen LogP contribution in [0, 0.1) is 5.82 Å². The lowest BCUT2D eigenvalue weighted by Gasteiger charge is -2.10. The molecule has 1 aromatic rings. The van der Waals surface area contributed by atoms with Crippen LogP contribution in [0.4, 0.5) is 4.39 Å². The molecule has 1 rings (SSSR count). The van der Waals surface area contributed by atoms with Crippen molar-refractivity contribution < 1.29 is 24.1 Å². The second kappa shape index (κ2) is 4.75. The number of rotatable bonds is 4. The Bertz CT molecular complexity index is 362. The van der Waals surface area contributed by atoms with Gasteiger partial charge in [0.25, 0.3) is 0 Å². The summed E-state index contributed by atoms with van der Waals surface area (Å²) in [5.41, 5.74) is -0.128. The van der Waals surface area contributed by atoms with Crippen LogP contribution in [-0.2, 0) is 0 Å². The van der Waals surface area contributed by atoms with E-state index in [0.717, 1.165) is 18.2 Å². The van der Waals surface area contributed by atoms with E-state index in [4.69, 9.17) is 14.9 Å². The van der Waals surface area contributed by atoms with Crippen molar-refractivity contribution in [1.29, 1.82) is 0 Å². The zero-order valence-electron chi connectivity index (χ0n) is 8.11. The monoisotopic (exact) mass is 214 g/mol. The average molecular weight is 214 g/mol. The normalized spacial score (nSPS) is 12.2. The predicted octanol–water partition coefficient (Wildman–Crippen LogP) is 1.28. The molecule has 1 aromatic carbocycles. The molecule has 0 aromatic heterocycles. The molecule has 0 aliphatic heterocycles. The van der Waals surface area contributed by atoms with Gasteiger partial charge in [-0.15, -0.1) is 0 Å². The number of aliphatic hydroxyl groups is 1. The molecule has 5 heteroatoms. The predicted molar refractivity (Wildman–Crippen MR) is 50.5 cm³/mol. The number of halogens is 1. The molecule has 0 amide bonds. The number of aromatic carboxylic acids is 1. The number of hydrogen-bond donors (Lipinski definition) is 2. The lowest BCUT2D eigenvalue weighted by Crippen LogP contribution is -2.14. The number of carboxylic acids is 1. The van der Waals surface area contributed by atoms with Crippen molar-refractivity contribution >= 4 is 5.97 Å². The molecule has 0 aliphatic rings. The standard InChI is InChI=1S/C10H11FO4/c1-6(12)5-15-9-4-7(11)2-3-8(9)10(13)14/h2-4,6,12H,5H2,1H3,(H,13,14). The third-order valence-electron chi connectivity index (χ3n) is 1.65. The van der Waals surface area contributed by atoms with Crippen molar-refractivity contribution in [3.05, 3.63) is 29.6 Å². The Hall–Kier alpha value is -1.62. The highest BCUT2D eigenvalue weighted by Crippen LogP contribution is 2.20. The van der Waals surface area contributed by atoms with Gasteiger partial charge in [0, 0.05) is 6.07 Å². The van der Waals surface area contributed by atoms with E-state index in [0.29, 0.717) is 0 Å². The Kier molecular flexibility index (Phi) is 3.62. The quantitative estimate of drug-likeness (QED) is 0.792. The highest BCUT2D eigenvalue weighted by Gasteiger charge is 2.12. The van der Waals surface area contributed by atoms with E-state index in [1.54, 1.807) is 0 Å². The second-order valence-corrected chi connectivity index (χ2v) is 3.11. The minimum absolute atomic E-state index is 0.0796. The molecule has 0 spiro atoms. The van der Waals surface area contributed by atoms with Gasteiger partial charge in [-0.2, -0.15) is 0 Å². The zero-order valence-corrected chi connectivity index (χ0v) is 8.11. The van der Waals surface area contributed by atoms with Crippen molar-refractivity contribution in [2.45, 2.75) is 13.0 Å². The Balaban J connectivity index is 2.92. The fourth-order valence-corrected chi connectivity index (χ4v) is 1.00. The van der Waals surface area contributed by atoms with Crippen LogP contribution in [0.25, 0.3) is 0 Å². The van der Waals surface area contributed by atoms with Gasteiger partial charge in [0.2, 0.25) is 0 Å². The Labute approximate surface area is 85.9 Å². The van der Waals surface area contributed by atoms with Gasteiger partial charge >= 0.3 is 5.97 Å². The molecule has 0 saturated heterocycles. The number of hydrogen-bond acceptors (Lipinski definition) is 3. The number of ether oxygens (including phenoxy) is 1. The van der Waals surface area contributed by atoms with Crippen LogP contribution in [0.1, 0.15) is 17.3 Å². The van der Waals surface area contributed by atoms with Crippen molar-refractivity contribution in [3.8, 4) is 5.75 Å². The van der Waals surface area contributed by atoms with Crippen molar-refractivity contribution in [1.82, 2.24) is 0 Å². The molecular formula is C10H11FO4. The van der Waals surface area contributed by atoms with Gasteiger partial charge in [0.15, 0.2) is 0 Å². The molecule has 82 valence electrons. The van der Waals surface area contributed by atoms with Gasteiger partial charge < -0.3 is 14.9 Å². The molecule has 0 radical (unpaired) electrons. The Morgan fingerprint density at radius 2 is 2.27 bits per heavy atom. The van der Waals surface area contributed by atoms with E-state index in [1.807, 2.05) is 0 Å². The molecule has 0 heterocycles. The smallest absolute Gasteiger partial charge is 0.339 e. The highest BCUT2D eigenvalue weighted by molar-refractivity contribution is 5.90. The first-order valence-corrected chi connectivity index (χ1v) is 4.34. The summed E-state index contributed by atoms with van der Waals surface area (Å²) in [4.78, 5) is 10.7. The lowest BCUT2D eigenvalue weighted by atomic mass is 10.2. The largest absolute Gasteiger partial charge is 0.490 e. The van der Waals surface area contributed by atoms with Gasteiger partial charge in [-0.1, -0.05) is 0 Å². The summed E-state index contributed by atoms with van der Waals surface area (Å²) in [7, 11) is 0. The van der Waals surface area contributed by atoms with Crippen LogP contribution in [0.2, 0.25) is 0 Å². The summed E-state index contributed by atoms with van der Waals surface area (Å²) in [6, 6.07) is 3.14. The summed E-state index contributed by atoms with van der Waals surface area (Å²) in [5.74, 6) is -1.86. The maximum atomic E-state index is 12.8. The van der Waals surface area contributed by atoms with Gasteiger partial charge in [-0.3, -0.25) is 0 Å². The number of benzene rings is 1. The molecule has 4 nitrogen and oxygen atoms in total. The fourth-order valence-electron chi connectivity index (χ4n) is 1.00. The third-order valence-corrected chi connectivity index (χ3v) is 1.65. The van der Waals surface area contributed by atoms with Crippen molar-refractivity contribution in [2.24, 2.45) is 0 Å². The first-order valence-electron chi connectivity index (χ1n) is 4.34. The van der Waals surface area contributed by atoms with Gasteiger partial charge in [-0.25, -0.2) is 9.18 Å². The summed E-state index contributed by atoms with van der Waals surface area (Å²) >= 11 is 0. The van der Waals surface area contributed by atoms with E-state index in [-0.39, 0.29) is 17.9 Å². The van der Waals surface area contributed by atoms with E-state index >= 15 is 0 Å². The summed E-state index contributed by atoms with van der Waals surface area (Å²) in [5, 5.41) is 17.7. The third kappa shape index (κ3) is 3.21. The van der Waals surface area contributed by atoms with Crippen LogP contribution in [0.3, 0.4) is 0 Å². The Morgan fingerprint density at radius 1 is 1.60 bits per heavy atom. The number of carbonyl (C=O) groups is 1. The molecule has 1 unspecified atom stereocenters. The van der Waals surface area contributed by atoms with Crippen LogP contribution in [-0.4, -0.2) is 28.9 Å². The SMILES string of the molecule is CC(O)COc1cc(F)ccc1C(=O)O. The highest BCUT2D eigenvalue weighted by atomic mass is 19.1. The van der Waals surface area contributed by atoms with Gasteiger partial charge in [0.05, 0.1) is 6.10 Å². The topological polar surface area (TPSA) is 66.8 Å². The van der Waals surface area contributed by atoms with E-state index in [2.05, 4.69) is 0 Å². The first-order chi connectivity index (χ1) is 7.00. The molecule has 15 heavy (non-hydrogen) atoms. The van der Waals surface area contributed by atoms with Gasteiger partial charge in [-0.05, 0) is 19.1 Å². The molecule has 0 aliphatic carbocycles. The van der Waals surface area contributed by atoms with Crippen LogP contribution in [0.5, 0.6) is 5.75 Å². The van der Waals surface area contributed by atoms with Gasteiger partial charge in [0.1, 0.15) is 23.7 Å². The maximum absolute atomic E-state index is 12.8. The second-order valence-electron chi connectivity index (χ2n) is 3.11. The summed E-state index contributed by atoms with van der Waals surface area (Å²) < 4.78 is 17.8. The minimum Gasteiger partial charge on any atom is -0.490 e. The molecule has 0 bridgehead atoms. The number of aliphatic hydroxyl groups excluding tert-OH is 1. The van der Waals surface area contributed by atoms with Crippen molar-refractivity contribution in [2.75, 3.05) is 6.61 Å². The lowest BCUT2D eigenvalue weighted by molar-refractivity contribution is 0.0685. The fraction of sp³-hybridized carbons (Fsp3) is 0.300. The average Bonchev–Trinajstić information content (AvgIpc) is 2.14. The van der Waals surface area contributed by atoms with Crippen LogP contribution < -0.4 is 4.74 Å². The van der Waals surface area contributed by atoms with E-state index in [9.17, 15) is 9.18 Å². The molecule has 2 N–H and O–H groups in total. The first kappa shape index (κ1) is 11.5. The molecular weight excluding hydrogens is 203 g/mol. The van der Waals surface area contributed by atoms with E-state index < -0.39 is 17.9 Å². The van der Waals surface area contributed by atoms with Crippen molar-refractivity contribution in [3.63, 3.8) is 0 Å². The summed E-state index contributed by atoms with van der Waals surface area (Å²) in [6.07, 6.45) is -0.741. The van der Waals surface area contributed by atoms with Crippen LogP contribution >= 0.6 is 0 Å².